The SMILES string of the molecule is COc1cc(C)c(S(=O)(=O)N(C)CCOCC(=O)CCc2ccc(-c3cn(C)c(C)n3)cc2)c(C)c1.Cl. The summed E-state index contributed by atoms with van der Waals surface area (Å²) in [6, 6.07) is 11.5. The number of carbonyl (C=O) groups is 1. The number of rotatable bonds is 12. The van der Waals surface area contributed by atoms with Crippen LogP contribution in [-0.4, -0.2) is 62.0 Å². The van der Waals surface area contributed by atoms with E-state index in [0.29, 0.717) is 29.7 Å². The molecule has 0 aliphatic rings. The largest absolute Gasteiger partial charge is 0.497 e. The van der Waals surface area contributed by atoms with Gasteiger partial charge in [0.15, 0.2) is 5.78 Å². The lowest BCUT2D eigenvalue weighted by atomic mass is 10.0. The first-order valence-corrected chi connectivity index (χ1v) is 13.3. The maximum atomic E-state index is 13.1. The summed E-state index contributed by atoms with van der Waals surface area (Å²) in [6.45, 7) is 5.70. The number of benzene rings is 2. The van der Waals surface area contributed by atoms with Crippen molar-refractivity contribution in [3.63, 3.8) is 0 Å². The van der Waals surface area contributed by atoms with Crippen LogP contribution in [0, 0.1) is 20.8 Å². The highest BCUT2D eigenvalue weighted by molar-refractivity contribution is 7.89. The normalized spacial score (nSPS) is 11.4. The zero-order valence-electron chi connectivity index (χ0n) is 22.3. The zero-order chi connectivity index (χ0) is 26.5. The molecule has 10 heteroatoms. The third-order valence-corrected chi connectivity index (χ3v) is 8.37. The summed E-state index contributed by atoms with van der Waals surface area (Å²) in [4.78, 5) is 17.1. The molecule has 37 heavy (non-hydrogen) atoms. The smallest absolute Gasteiger partial charge is 0.243 e. The van der Waals surface area contributed by atoms with Crippen molar-refractivity contribution in [3.05, 3.63) is 65.1 Å². The molecule has 3 aromatic rings. The maximum Gasteiger partial charge on any atom is 0.243 e. The average molecular weight is 550 g/mol. The lowest BCUT2D eigenvalue weighted by Crippen LogP contribution is -2.31. The van der Waals surface area contributed by atoms with Gasteiger partial charge in [0.05, 0.1) is 24.3 Å². The Morgan fingerprint density at radius 2 is 1.70 bits per heavy atom. The molecule has 0 saturated heterocycles. The number of hydrogen-bond acceptors (Lipinski definition) is 6. The molecule has 0 atom stereocenters. The van der Waals surface area contributed by atoms with Crippen molar-refractivity contribution in [2.75, 3.05) is 33.9 Å². The van der Waals surface area contributed by atoms with Gasteiger partial charge in [-0.3, -0.25) is 4.79 Å². The quantitative estimate of drug-likeness (QED) is 0.313. The third kappa shape index (κ3) is 7.64. The minimum absolute atomic E-state index is 0. The summed E-state index contributed by atoms with van der Waals surface area (Å²) < 4.78 is 40.0. The second-order valence-corrected chi connectivity index (χ2v) is 11.0. The molecule has 0 saturated carbocycles. The van der Waals surface area contributed by atoms with Crippen molar-refractivity contribution >= 4 is 28.2 Å². The minimum atomic E-state index is -3.69. The van der Waals surface area contributed by atoms with Crippen LogP contribution in [0.25, 0.3) is 11.3 Å². The van der Waals surface area contributed by atoms with Gasteiger partial charge in [-0.15, -0.1) is 12.4 Å². The maximum absolute atomic E-state index is 13.1. The number of carbonyl (C=O) groups excluding carboxylic acids is 1. The topological polar surface area (TPSA) is 90.7 Å². The van der Waals surface area contributed by atoms with Gasteiger partial charge in [-0.2, -0.15) is 4.31 Å². The molecule has 202 valence electrons. The number of likely N-dealkylation sites (N-methyl/N-ethyl adjacent to an activating group) is 1. The molecule has 0 bridgehead atoms. The van der Waals surface area contributed by atoms with Gasteiger partial charge >= 0.3 is 0 Å². The molecule has 0 radical (unpaired) electrons. The van der Waals surface area contributed by atoms with Gasteiger partial charge in [0.2, 0.25) is 10.0 Å². The molecule has 0 fully saturated rings. The average Bonchev–Trinajstić information content (AvgIpc) is 3.17. The monoisotopic (exact) mass is 549 g/mol. The number of aromatic nitrogens is 2. The van der Waals surface area contributed by atoms with Crippen LogP contribution >= 0.6 is 12.4 Å². The van der Waals surface area contributed by atoms with E-state index in [2.05, 4.69) is 4.98 Å². The predicted octanol–water partition coefficient (Wildman–Crippen LogP) is 4.28. The van der Waals surface area contributed by atoms with E-state index in [1.54, 1.807) is 33.1 Å². The lowest BCUT2D eigenvalue weighted by Gasteiger charge is -2.20. The van der Waals surface area contributed by atoms with Crippen molar-refractivity contribution in [1.29, 1.82) is 0 Å². The highest BCUT2D eigenvalue weighted by Gasteiger charge is 2.25. The summed E-state index contributed by atoms with van der Waals surface area (Å²) in [6.07, 6.45) is 2.97. The van der Waals surface area contributed by atoms with Crippen LogP contribution < -0.4 is 4.74 Å². The van der Waals surface area contributed by atoms with Gasteiger partial charge in [-0.25, -0.2) is 13.4 Å². The fraction of sp³-hybridized carbons (Fsp3) is 0.407. The van der Waals surface area contributed by atoms with E-state index in [-0.39, 0.29) is 42.8 Å². The number of ketones is 1. The molecular weight excluding hydrogens is 514 g/mol. The second kappa shape index (κ2) is 13.2. The van der Waals surface area contributed by atoms with E-state index in [1.807, 2.05) is 49.0 Å². The Labute approximate surface area is 226 Å². The first kappa shape index (κ1) is 30.5. The minimum Gasteiger partial charge on any atom is -0.497 e. The molecular formula is C27H36ClN3O5S. The van der Waals surface area contributed by atoms with Crippen molar-refractivity contribution in [3.8, 4) is 17.0 Å². The number of imidazole rings is 1. The molecule has 0 amide bonds. The zero-order valence-corrected chi connectivity index (χ0v) is 23.9. The van der Waals surface area contributed by atoms with E-state index in [4.69, 9.17) is 9.47 Å². The van der Waals surface area contributed by atoms with Crippen LogP contribution in [0.15, 0.2) is 47.5 Å². The standard InChI is InChI=1S/C27H35N3O5S.ClH/c1-19-15-25(34-6)16-20(2)27(19)36(32,33)30(5)13-14-35-18-24(31)12-9-22-7-10-23(11-8-22)26-17-29(4)21(3)28-26;/h7-8,10-11,15-17H,9,12-14,18H2,1-6H3;1H. The number of hydrogen-bond donors (Lipinski definition) is 0. The van der Waals surface area contributed by atoms with Crippen molar-refractivity contribution in [2.24, 2.45) is 7.05 Å². The Balaban J connectivity index is 0.00000481. The molecule has 0 spiro atoms. The molecule has 1 heterocycles. The number of nitrogens with zero attached hydrogens (tertiary/aromatic N) is 3. The third-order valence-electron chi connectivity index (χ3n) is 6.20. The number of Topliss-reactive ketones (excluding diaryl/α,β-unsaturated/α-hetero) is 1. The highest BCUT2D eigenvalue weighted by Crippen LogP contribution is 2.27. The van der Waals surface area contributed by atoms with Gasteiger partial charge in [-0.05, 0) is 56.0 Å². The van der Waals surface area contributed by atoms with E-state index < -0.39 is 10.0 Å². The summed E-state index contributed by atoms with van der Waals surface area (Å²) >= 11 is 0. The lowest BCUT2D eigenvalue weighted by molar-refractivity contribution is -0.123. The molecule has 8 nitrogen and oxygen atoms in total. The fourth-order valence-corrected chi connectivity index (χ4v) is 5.54. The van der Waals surface area contributed by atoms with Crippen molar-refractivity contribution < 1.29 is 22.7 Å². The van der Waals surface area contributed by atoms with Crippen molar-refractivity contribution in [2.45, 2.75) is 38.5 Å². The van der Waals surface area contributed by atoms with Crippen LogP contribution in [0.1, 0.15) is 28.9 Å². The number of sulfonamides is 1. The number of ether oxygens (including phenoxy) is 2. The van der Waals surface area contributed by atoms with Gasteiger partial charge in [0, 0.05) is 38.8 Å². The Bertz CT molecular complexity index is 1280. The summed E-state index contributed by atoms with van der Waals surface area (Å²) in [7, 11) is 1.34. The second-order valence-electron chi connectivity index (χ2n) is 8.99. The van der Waals surface area contributed by atoms with Crippen molar-refractivity contribution in [1.82, 2.24) is 13.9 Å². The first-order valence-electron chi connectivity index (χ1n) is 11.8. The number of methoxy groups -OCH3 is 1. The van der Waals surface area contributed by atoms with Gasteiger partial charge in [0.25, 0.3) is 0 Å². The van der Waals surface area contributed by atoms with E-state index in [1.165, 1.54) is 11.4 Å². The number of aryl methyl sites for hydroxylation is 5. The number of halogens is 1. The van der Waals surface area contributed by atoms with E-state index >= 15 is 0 Å². The summed E-state index contributed by atoms with van der Waals surface area (Å²) in [5.41, 5.74) is 4.28. The molecule has 0 N–H and O–H groups in total. The van der Waals surface area contributed by atoms with Gasteiger partial charge < -0.3 is 14.0 Å². The van der Waals surface area contributed by atoms with E-state index in [9.17, 15) is 13.2 Å². The van der Waals surface area contributed by atoms with Crippen LogP contribution in [0.4, 0.5) is 0 Å². The highest BCUT2D eigenvalue weighted by atomic mass is 35.5. The summed E-state index contributed by atoms with van der Waals surface area (Å²) in [5, 5.41) is 0. The van der Waals surface area contributed by atoms with Gasteiger partial charge in [-0.1, -0.05) is 24.3 Å². The molecule has 0 aliphatic carbocycles. The van der Waals surface area contributed by atoms with Crippen LogP contribution in [-0.2, 0) is 33.0 Å². The van der Waals surface area contributed by atoms with Crippen LogP contribution in [0.3, 0.4) is 0 Å². The molecule has 0 unspecified atom stereocenters. The molecule has 0 aliphatic heterocycles. The summed E-state index contributed by atoms with van der Waals surface area (Å²) in [5.74, 6) is 1.55. The Morgan fingerprint density at radius 3 is 2.24 bits per heavy atom. The van der Waals surface area contributed by atoms with Crippen LogP contribution in [0.5, 0.6) is 5.75 Å². The Hall–Kier alpha value is -2.72. The van der Waals surface area contributed by atoms with Gasteiger partial charge in [0.1, 0.15) is 18.2 Å². The predicted molar refractivity (Wildman–Crippen MR) is 147 cm³/mol. The fourth-order valence-electron chi connectivity index (χ4n) is 3.99. The van der Waals surface area contributed by atoms with Crippen LogP contribution in [0.2, 0.25) is 0 Å². The Morgan fingerprint density at radius 1 is 1.08 bits per heavy atom. The molecule has 3 rings (SSSR count). The Kier molecular flexibility index (Phi) is 10.9. The first-order chi connectivity index (χ1) is 17.0. The molecule has 1 aromatic heterocycles. The van der Waals surface area contributed by atoms with E-state index in [0.717, 1.165) is 22.6 Å². The molecule has 2 aromatic carbocycles.